The normalized spacial score (nSPS) is 14.8. The molecular weight excluding hydrogens is 146 g/mol. The predicted molar refractivity (Wildman–Crippen MR) is 56.8 cm³/mol. The quantitative estimate of drug-likeness (QED) is 0.440. The van der Waals surface area contributed by atoms with E-state index in [1.165, 1.54) is 0 Å². The van der Waals surface area contributed by atoms with Gasteiger partial charge in [0.1, 0.15) is 0 Å². The van der Waals surface area contributed by atoms with Crippen LogP contribution < -0.4 is 0 Å². The molecular formula is C11H19N. The van der Waals surface area contributed by atoms with Gasteiger partial charge in [-0.15, -0.1) is 0 Å². The molecule has 0 aliphatic rings. The molecule has 68 valence electrons. The first-order valence-corrected chi connectivity index (χ1v) is 4.20. The van der Waals surface area contributed by atoms with Crippen molar-refractivity contribution in [2.45, 2.75) is 27.7 Å². The minimum atomic E-state index is 0.124. The van der Waals surface area contributed by atoms with E-state index in [0.29, 0.717) is 0 Å². The molecule has 1 nitrogen and oxygen atoms in total. The molecule has 0 aromatic heterocycles. The molecule has 0 N–H and O–H groups in total. The Labute approximate surface area is 75.9 Å². The summed E-state index contributed by atoms with van der Waals surface area (Å²) >= 11 is 0. The first kappa shape index (κ1) is 11.2. The fourth-order valence-corrected chi connectivity index (χ4v) is 0.891. The number of nitrogens with zero attached hydrogens (tertiary/aromatic N) is 1. The standard InChI is InChI=1S/C11H19N/c1-7-9(2)8-10(12-6)11(3,4)5/h7-8H,1H2,2-6H3/b9-8-,12-10?. The molecule has 0 radical (unpaired) electrons. The number of aliphatic imine (C=N–C) groups is 1. The van der Waals surface area contributed by atoms with E-state index in [4.69, 9.17) is 0 Å². The maximum absolute atomic E-state index is 4.24. The lowest BCUT2D eigenvalue weighted by atomic mass is 9.89. The van der Waals surface area contributed by atoms with Crippen LogP contribution >= 0.6 is 0 Å². The van der Waals surface area contributed by atoms with Gasteiger partial charge in [0.25, 0.3) is 0 Å². The summed E-state index contributed by atoms with van der Waals surface area (Å²) in [5, 5.41) is 0. The van der Waals surface area contributed by atoms with Crippen molar-refractivity contribution in [1.29, 1.82) is 0 Å². The van der Waals surface area contributed by atoms with E-state index in [1.54, 1.807) is 0 Å². The minimum absolute atomic E-state index is 0.124. The van der Waals surface area contributed by atoms with Crippen molar-refractivity contribution in [1.82, 2.24) is 0 Å². The summed E-state index contributed by atoms with van der Waals surface area (Å²) in [4.78, 5) is 4.24. The molecule has 0 aliphatic heterocycles. The van der Waals surface area contributed by atoms with Crippen LogP contribution in [-0.2, 0) is 0 Å². The Balaban J connectivity index is 4.74. The van der Waals surface area contributed by atoms with Gasteiger partial charge in [-0.2, -0.15) is 0 Å². The molecule has 0 saturated heterocycles. The van der Waals surface area contributed by atoms with Crippen molar-refractivity contribution < 1.29 is 0 Å². The number of hydrogen-bond donors (Lipinski definition) is 0. The zero-order valence-electron chi connectivity index (χ0n) is 8.81. The van der Waals surface area contributed by atoms with E-state index in [0.717, 1.165) is 11.3 Å². The first-order valence-electron chi connectivity index (χ1n) is 4.20. The summed E-state index contributed by atoms with van der Waals surface area (Å²) in [7, 11) is 1.83. The zero-order chi connectivity index (χ0) is 9.78. The maximum atomic E-state index is 4.24. The molecule has 0 spiro atoms. The van der Waals surface area contributed by atoms with Gasteiger partial charge < -0.3 is 0 Å². The topological polar surface area (TPSA) is 12.4 Å². The largest absolute Gasteiger partial charge is 0.293 e. The van der Waals surface area contributed by atoms with E-state index in [2.05, 4.69) is 38.4 Å². The van der Waals surface area contributed by atoms with E-state index in [1.807, 2.05) is 20.0 Å². The molecule has 1 heteroatoms. The van der Waals surface area contributed by atoms with Gasteiger partial charge in [-0.05, 0) is 18.6 Å². The van der Waals surface area contributed by atoms with Crippen molar-refractivity contribution >= 4 is 5.71 Å². The highest BCUT2D eigenvalue weighted by atomic mass is 14.7. The second-order valence-corrected chi connectivity index (χ2v) is 3.95. The SMILES string of the molecule is C=C/C(C)=C\C(=NC)C(C)(C)C. The number of hydrogen-bond acceptors (Lipinski definition) is 1. The second kappa shape index (κ2) is 4.24. The molecule has 0 heterocycles. The van der Waals surface area contributed by atoms with E-state index in [-0.39, 0.29) is 5.41 Å². The lowest BCUT2D eigenvalue weighted by Crippen LogP contribution is -2.18. The Morgan fingerprint density at radius 2 is 1.83 bits per heavy atom. The Morgan fingerprint density at radius 3 is 2.08 bits per heavy atom. The van der Waals surface area contributed by atoms with Crippen LogP contribution in [-0.4, -0.2) is 12.8 Å². The van der Waals surface area contributed by atoms with Crippen molar-refractivity contribution in [3.05, 3.63) is 24.3 Å². The molecule has 12 heavy (non-hydrogen) atoms. The molecule has 0 bridgehead atoms. The van der Waals surface area contributed by atoms with Gasteiger partial charge in [0, 0.05) is 18.2 Å². The molecule has 0 unspecified atom stereocenters. The predicted octanol–water partition coefficient (Wildman–Crippen LogP) is 3.24. The van der Waals surface area contributed by atoms with Gasteiger partial charge in [0.2, 0.25) is 0 Å². The average Bonchev–Trinajstić information content (AvgIpc) is 1.97. The summed E-state index contributed by atoms with van der Waals surface area (Å²) in [6.45, 7) is 12.2. The molecule has 0 aliphatic carbocycles. The average molecular weight is 165 g/mol. The Hall–Kier alpha value is -0.850. The summed E-state index contributed by atoms with van der Waals surface area (Å²) in [5.74, 6) is 0. The van der Waals surface area contributed by atoms with Crippen molar-refractivity contribution in [2.75, 3.05) is 7.05 Å². The highest BCUT2D eigenvalue weighted by Crippen LogP contribution is 2.17. The van der Waals surface area contributed by atoms with Gasteiger partial charge in [-0.25, -0.2) is 0 Å². The van der Waals surface area contributed by atoms with Crippen molar-refractivity contribution in [3.63, 3.8) is 0 Å². The van der Waals surface area contributed by atoms with Crippen molar-refractivity contribution in [2.24, 2.45) is 10.4 Å². The molecule has 0 aromatic carbocycles. The van der Waals surface area contributed by atoms with Gasteiger partial charge in [0.05, 0.1) is 0 Å². The maximum Gasteiger partial charge on any atom is 0.0400 e. The van der Waals surface area contributed by atoms with Crippen molar-refractivity contribution in [3.8, 4) is 0 Å². The Morgan fingerprint density at radius 1 is 1.33 bits per heavy atom. The van der Waals surface area contributed by atoms with Crippen LogP contribution in [0.2, 0.25) is 0 Å². The van der Waals surface area contributed by atoms with Crippen LogP contribution in [0.15, 0.2) is 29.3 Å². The molecule has 0 amide bonds. The third kappa shape index (κ3) is 3.51. The molecule has 0 atom stereocenters. The Kier molecular flexibility index (Phi) is 3.94. The van der Waals surface area contributed by atoms with Crippen LogP contribution in [0, 0.1) is 5.41 Å². The molecule has 0 saturated carbocycles. The molecule has 0 fully saturated rings. The van der Waals surface area contributed by atoms with E-state index < -0.39 is 0 Å². The van der Waals surface area contributed by atoms with Gasteiger partial charge in [-0.3, -0.25) is 4.99 Å². The van der Waals surface area contributed by atoms with Gasteiger partial charge in [-0.1, -0.05) is 33.4 Å². The monoisotopic (exact) mass is 165 g/mol. The van der Waals surface area contributed by atoms with Crippen LogP contribution in [0.3, 0.4) is 0 Å². The van der Waals surface area contributed by atoms with E-state index >= 15 is 0 Å². The van der Waals surface area contributed by atoms with E-state index in [9.17, 15) is 0 Å². The van der Waals surface area contributed by atoms with Crippen LogP contribution in [0.5, 0.6) is 0 Å². The highest BCUT2D eigenvalue weighted by molar-refractivity contribution is 5.99. The fraction of sp³-hybridized carbons (Fsp3) is 0.545. The summed E-state index contributed by atoms with van der Waals surface area (Å²) in [6.07, 6.45) is 3.92. The first-order chi connectivity index (χ1) is 5.41. The van der Waals surface area contributed by atoms with Gasteiger partial charge in [0.15, 0.2) is 0 Å². The smallest absolute Gasteiger partial charge is 0.0400 e. The third-order valence-electron chi connectivity index (χ3n) is 1.70. The molecule has 0 rings (SSSR count). The second-order valence-electron chi connectivity index (χ2n) is 3.95. The van der Waals surface area contributed by atoms with Crippen LogP contribution in [0.4, 0.5) is 0 Å². The van der Waals surface area contributed by atoms with Gasteiger partial charge >= 0.3 is 0 Å². The minimum Gasteiger partial charge on any atom is -0.293 e. The lowest BCUT2D eigenvalue weighted by molar-refractivity contribution is 0.593. The Bertz CT molecular complexity index is 214. The number of allylic oxidation sites excluding steroid dienone is 3. The van der Waals surface area contributed by atoms with Crippen LogP contribution in [0.25, 0.3) is 0 Å². The fourth-order valence-electron chi connectivity index (χ4n) is 0.891. The highest BCUT2D eigenvalue weighted by Gasteiger charge is 2.15. The van der Waals surface area contributed by atoms with Crippen LogP contribution in [0.1, 0.15) is 27.7 Å². The summed E-state index contributed by atoms with van der Waals surface area (Å²) in [5.41, 5.74) is 2.39. The summed E-state index contributed by atoms with van der Waals surface area (Å²) < 4.78 is 0. The number of rotatable bonds is 2. The summed E-state index contributed by atoms with van der Waals surface area (Å²) in [6, 6.07) is 0. The third-order valence-corrected chi connectivity index (χ3v) is 1.70. The lowest BCUT2D eigenvalue weighted by Gasteiger charge is -2.18. The zero-order valence-corrected chi connectivity index (χ0v) is 8.81. The molecule has 0 aromatic rings.